The van der Waals surface area contributed by atoms with Gasteiger partial charge in [-0.15, -0.1) is 0 Å². The molecule has 0 saturated heterocycles. The summed E-state index contributed by atoms with van der Waals surface area (Å²) in [5.74, 6) is 2.51. The van der Waals surface area contributed by atoms with Crippen molar-refractivity contribution in [3.05, 3.63) is 107 Å². The molecule has 31 heavy (non-hydrogen) atoms. The van der Waals surface area contributed by atoms with Crippen molar-refractivity contribution >= 4 is 33.0 Å². The molecule has 0 fully saturated rings. The van der Waals surface area contributed by atoms with Crippen LogP contribution in [0.25, 0.3) is 0 Å². The number of benzene rings is 4. The van der Waals surface area contributed by atoms with Crippen molar-refractivity contribution in [3.8, 4) is 23.0 Å². The first-order valence-electron chi connectivity index (χ1n) is 9.23. The second-order valence-electron chi connectivity index (χ2n) is 6.54. The Balaban J connectivity index is 1.48. The highest BCUT2D eigenvalue weighted by molar-refractivity contribution is 7.91. The molecule has 0 N–H and O–H groups in total. The van der Waals surface area contributed by atoms with Gasteiger partial charge in [0.15, 0.2) is 0 Å². The molecule has 0 atom stereocenters. The van der Waals surface area contributed by atoms with Gasteiger partial charge in [0.1, 0.15) is 23.0 Å². The van der Waals surface area contributed by atoms with E-state index in [2.05, 4.69) is 0 Å². The van der Waals surface area contributed by atoms with Crippen LogP contribution in [0.4, 0.5) is 0 Å². The third-order valence-electron chi connectivity index (χ3n) is 4.36. The summed E-state index contributed by atoms with van der Waals surface area (Å²) in [6, 6.07) is 27.0. The van der Waals surface area contributed by atoms with Gasteiger partial charge in [-0.25, -0.2) is 8.42 Å². The van der Waals surface area contributed by atoms with Gasteiger partial charge in [-0.3, -0.25) is 0 Å². The highest BCUT2D eigenvalue weighted by atomic mass is 35.5. The molecule has 0 aliphatic rings. The quantitative estimate of drug-likeness (QED) is 0.294. The molecule has 4 nitrogen and oxygen atoms in total. The lowest BCUT2D eigenvalue weighted by molar-refractivity contribution is 0.469. The molecule has 0 spiro atoms. The third kappa shape index (κ3) is 5.02. The van der Waals surface area contributed by atoms with Crippen LogP contribution in [0.15, 0.2) is 107 Å². The summed E-state index contributed by atoms with van der Waals surface area (Å²) < 4.78 is 37.3. The molecular formula is C24H16Cl2O4S. The van der Waals surface area contributed by atoms with Crippen molar-refractivity contribution in [1.82, 2.24) is 0 Å². The van der Waals surface area contributed by atoms with Gasteiger partial charge in [0.2, 0.25) is 9.84 Å². The van der Waals surface area contributed by atoms with Gasteiger partial charge in [-0.1, -0.05) is 41.4 Å². The standard InChI is InChI=1S/C24H16Cl2O4S/c25-17-6-15-23(26)24(16-17)31(27,28)22-13-11-21(12-14-22)30-20-9-7-19(8-10-20)29-18-4-2-1-3-5-18/h1-16H. The highest BCUT2D eigenvalue weighted by Gasteiger charge is 2.21. The lowest BCUT2D eigenvalue weighted by Crippen LogP contribution is -2.02. The maximum absolute atomic E-state index is 12.9. The first-order chi connectivity index (χ1) is 14.9. The maximum atomic E-state index is 12.9. The molecule has 7 heteroatoms. The molecular weight excluding hydrogens is 455 g/mol. The first kappa shape index (κ1) is 21.2. The minimum absolute atomic E-state index is 0.0376. The zero-order valence-corrected chi connectivity index (χ0v) is 18.4. The molecule has 4 aromatic carbocycles. The van der Waals surface area contributed by atoms with Gasteiger partial charge in [0, 0.05) is 5.02 Å². The van der Waals surface area contributed by atoms with Crippen LogP contribution in [0.3, 0.4) is 0 Å². The second kappa shape index (κ2) is 9.02. The summed E-state index contributed by atoms with van der Waals surface area (Å²) in [4.78, 5) is 0.0555. The average molecular weight is 471 g/mol. The second-order valence-corrected chi connectivity index (χ2v) is 9.30. The van der Waals surface area contributed by atoms with E-state index in [1.165, 1.54) is 30.3 Å². The molecule has 0 radical (unpaired) electrons. The minimum atomic E-state index is -3.81. The predicted molar refractivity (Wildman–Crippen MR) is 121 cm³/mol. The van der Waals surface area contributed by atoms with E-state index in [0.29, 0.717) is 22.3 Å². The van der Waals surface area contributed by atoms with Gasteiger partial charge in [-0.2, -0.15) is 0 Å². The Hall–Kier alpha value is -2.99. The Bertz CT molecular complexity index is 1290. The van der Waals surface area contributed by atoms with Crippen molar-refractivity contribution in [2.24, 2.45) is 0 Å². The van der Waals surface area contributed by atoms with Crippen molar-refractivity contribution in [3.63, 3.8) is 0 Å². The molecule has 0 aliphatic heterocycles. The zero-order valence-electron chi connectivity index (χ0n) is 16.0. The summed E-state index contributed by atoms with van der Waals surface area (Å²) >= 11 is 12.0. The lowest BCUT2D eigenvalue weighted by Gasteiger charge is -2.10. The van der Waals surface area contributed by atoms with E-state index in [9.17, 15) is 8.42 Å². The van der Waals surface area contributed by atoms with E-state index >= 15 is 0 Å². The number of halogens is 2. The number of ether oxygens (including phenoxy) is 2. The van der Waals surface area contributed by atoms with Crippen LogP contribution in [0.2, 0.25) is 10.0 Å². The van der Waals surface area contributed by atoms with E-state index in [0.717, 1.165) is 5.75 Å². The molecule has 0 heterocycles. The van der Waals surface area contributed by atoms with Crippen LogP contribution in [0, 0.1) is 0 Å². The Morgan fingerprint density at radius 2 is 1.06 bits per heavy atom. The van der Waals surface area contributed by atoms with Crippen molar-refractivity contribution in [1.29, 1.82) is 0 Å². The third-order valence-corrected chi connectivity index (χ3v) is 6.84. The van der Waals surface area contributed by atoms with Gasteiger partial charge in [-0.05, 0) is 78.9 Å². The van der Waals surface area contributed by atoms with E-state index in [-0.39, 0.29) is 14.8 Å². The van der Waals surface area contributed by atoms with Crippen molar-refractivity contribution < 1.29 is 17.9 Å². The summed E-state index contributed by atoms with van der Waals surface area (Å²) in [7, 11) is -3.81. The average Bonchev–Trinajstić information content (AvgIpc) is 2.78. The summed E-state index contributed by atoms with van der Waals surface area (Å²) in [6.07, 6.45) is 0. The van der Waals surface area contributed by atoms with Crippen LogP contribution in [-0.4, -0.2) is 8.42 Å². The summed E-state index contributed by atoms with van der Waals surface area (Å²) in [5, 5.41) is 0.408. The summed E-state index contributed by atoms with van der Waals surface area (Å²) in [6.45, 7) is 0. The first-order valence-corrected chi connectivity index (χ1v) is 11.5. The zero-order chi connectivity index (χ0) is 21.8. The number of hydrogen-bond acceptors (Lipinski definition) is 4. The molecule has 4 aromatic rings. The van der Waals surface area contributed by atoms with Crippen LogP contribution in [0.5, 0.6) is 23.0 Å². The Morgan fingerprint density at radius 3 is 1.61 bits per heavy atom. The van der Waals surface area contributed by atoms with Gasteiger partial charge in [0.25, 0.3) is 0 Å². The van der Waals surface area contributed by atoms with Crippen LogP contribution in [0.1, 0.15) is 0 Å². The fraction of sp³-hybridized carbons (Fsp3) is 0. The molecule has 0 aliphatic carbocycles. The molecule has 156 valence electrons. The lowest BCUT2D eigenvalue weighted by atomic mass is 10.3. The van der Waals surface area contributed by atoms with E-state index in [1.807, 2.05) is 30.3 Å². The van der Waals surface area contributed by atoms with E-state index < -0.39 is 9.84 Å². The molecule has 0 amide bonds. The molecule has 0 unspecified atom stereocenters. The SMILES string of the molecule is O=S(=O)(c1ccc(Oc2ccc(Oc3ccccc3)cc2)cc1)c1cc(Cl)ccc1Cl. The largest absolute Gasteiger partial charge is 0.457 e. The summed E-state index contributed by atoms with van der Waals surface area (Å²) in [5.41, 5.74) is 0. The fourth-order valence-electron chi connectivity index (χ4n) is 2.83. The molecule has 0 aromatic heterocycles. The smallest absolute Gasteiger partial charge is 0.208 e. The Kier molecular flexibility index (Phi) is 6.18. The highest BCUT2D eigenvalue weighted by Crippen LogP contribution is 2.32. The maximum Gasteiger partial charge on any atom is 0.208 e. The van der Waals surface area contributed by atoms with Crippen LogP contribution < -0.4 is 9.47 Å². The van der Waals surface area contributed by atoms with Gasteiger partial charge in [0.05, 0.1) is 14.8 Å². The topological polar surface area (TPSA) is 52.6 Å². The predicted octanol–water partition coefficient (Wildman–Crippen LogP) is 7.41. The Labute approximate surface area is 190 Å². The molecule has 0 bridgehead atoms. The van der Waals surface area contributed by atoms with Crippen LogP contribution >= 0.6 is 23.2 Å². The van der Waals surface area contributed by atoms with E-state index in [4.69, 9.17) is 32.7 Å². The van der Waals surface area contributed by atoms with Crippen molar-refractivity contribution in [2.75, 3.05) is 0 Å². The van der Waals surface area contributed by atoms with Crippen molar-refractivity contribution in [2.45, 2.75) is 9.79 Å². The Morgan fingerprint density at radius 1 is 0.581 bits per heavy atom. The molecule has 0 saturated carbocycles. The van der Waals surface area contributed by atoms with Gasteiger partial charge >= 0.3 is 0 Å². The molecule has 4 rings (SSSR count). The fourth-order valence-corrected chi connectivity index (χ4v) is 4.85. The van der Waals surface area contributed by atoms with Crippen LogP contribution in [-0.2, 0) is 9.84 Å². The number of para-hydroxylation sites is 1. The van der Waals surface area contributed by atoms with E-state index in [1.54, 1.807) is 36.4 Å². The number of rotatable bonds is 6. The minimum Gasteiger partial charge on any atom is -0.457 e. The monoisotopic (exact) mass is 470 g/mol. The van der Waals surface area contributed by atoms with Gasteiger partial charge < -0.3 is 9.47 Å². The number of sulfone groups is 1. The normalized spacial score (nSPS) is 11.2. The number of hydrogen-bond donors (Lipinski definition) is 0.